The molecule has 4 nitrogen and oxygen atoms in total. The molecule has 146 valence electrons. The van der Waals surface area contributed by atoms with Gasteiger partial charge in [0.2, 0.25) is 0 Å². The molecule has 0 amide bonds. The van der Waals surface area contributed by atoms with Gasteiger partial charge in [-0.25, -0.2) is 9.78 Å². The molecule has 0 spiro atoms. The first-order chi connectivity index (χ1) is 12.5. The molecule has 7 heteroatoms. The monoisotopic (exact) mass is 417 g/mol. The van der Waals surface area contributed by atoms with Crippen molar-refractivity contribution in [2.75, 3.05) is 5.75 Å². The van der Waals surface area contributed by atoms with Crippen LogP contribution in [0.15, 0.2) is 22.7 Å². The highest BCUT2D eigenvalue weighted by atomic mass is 35.5. The van der Waals surface area contributed by atoms with Crippen molar-refractivity contribution in [2.45, 2.75) is 67.7 Å². The number of allylic oxidation sites excluding steroid dienone is 2. The summed E-state index contributed by atoms with van der Waals surface area (Å²) < 4.78 is 0.816. The third kappa shape index (κ3) is 7.22. The van der Waals surface area contributed by atoms with Crippen LogP contribution in [-0.2, 0) is 0 Å². The molecule has 1 aliphatic rings. The van der Waals surface area contributed by atoms with E-state index < -0.39 is 5.97 Å². The van der Waals surface area contributed by atoms with Crippen LogP contribution in [0.25, 0.3) is 0 Å². The minimum absolute atomic E-state index is 0.197. The zero-order valence-corrected chi connectivity index (χ0v) is 17.5. The smallest absolute Gasteiger partial charge is 0.347 e. The molecule has 2 rings (SSSR count). The molecule has 0 aliphatic heterocycles. The SMILES string of the molecule is C[C@@H](O)CCCC/C=C/[C@H]1CC[C@@H](Cl)[C@@H]1CCSc1ncc(C(=O)O)s1. The average molecular weight is 418 g/mol. The largest absolute Gasteiger partial charge is 0.477 e. The van der Waals surface area contributed by atoms with E-state index in [9.17, 15) is 9.90 Å². The topological polar surface area (TPSA) is 70.4 Å². The number of halogens is 1. The van der Waals surface area contributed by atoms with E-state index in [1.54, 1.807) is 11.8 Å². The fourth-order valence-corrected chi connectivity index (χ4v) is 5.73. The maximum absolute atomic E-state index is 10.9. The summed E-state index contributed by atoms with van der Waals surface area (Å²) in [6, 6.07) is 0. The average Bonchev–Trinajstić information content (AvgIpc) is 3.19. The van der Waals surface area contributed by atoms with Gasteiger partial charge in [-0.3, -0.25) is 0 Å². The van der Waals surface area contributed by atoms with E-state index in [1.165, 1.54) is 17.5 Å². The van der Waals surface area contributed by atoms with Gasteiger partial charge in [-0.2, -0.15) is 0 Å². The molecule has 0 aromatic carbocycles. The molecular formula is C19H28ClNO3S2. The normalized spacial score (nSPS) is 24.3. The van der Waals surface area contributed by atoms with E-state index >= 15 is 0 Å². The lowest BCUT2D eigenvalue weighted by Gasteiger charge is -2.18. The maximum atomic E-state index is 10.9. The van der Waals surface area contributed by atoms with Crippen LogP contribution in [0.2, 0.25) is 0 Å². The molecule has 0 saturated heterocycles. The number of hydrogen-bond acceptors (Lipinski definition) is 5. The number of aliphatic hydroxyl groups is 1. The molecule has 1 aromatic rings. The van der Waals surface area contributed by atoms with Crippen LogP contribution in [0, 0.1) is 11.8 Å². The molecule has 1 fully saturated rings. The first kappa shape index (κ1) is 21.7. The van der Waals surface area contributed by atoms with Crippen molar-refractivity contribution in [2.24, 2.45) is 11.8 Å². The molecule has 26 heavy (non-hydrogen) atoms. The number of unbranched alkanes of at least 4 members (excludes halogenated alkanes) is 2. The van der Waals surface area contributed by atoms with E-state index in [4.69, 9.17) is 16.7 Å². The molecule has 0 unspecified atom stereocenters. The Kier molecular flexibility index (Phi) is 9.46. The Hall–Kier alpha value is -0.560. The molecule has 1 aromatic heterocycles. The van der Waals surface area contributed by atoms with Gasteiger partial charge in [0, 0.05) is 11.1 Å². The summed E-state index contributed by atoms with van der Waals surface area (Å²) in [6.45, 7) is 1.84. The Balaban J connectivity index is 1.72. The number of thioether (sulfide) groups is 1. The van der Waals surface area contributed by atoms with Gasteiger partial charge in [-0.05, 0) is 57.3 Å². The Morgan fingerprint density at radius 2 is 2.31 bits per heavy atom. The van der Waals surface area contributed by atoms with Crippen molar-refractivity contribution in [1.29, 1.82) is 0 Å². The Bertz CT molecular complexity index is 591. The number of nitrogens with zero attached hydrogens (tertiary/aromatic N) is 1. The number of alkyl halides is 1. The summed E-state index contributed by atoms with van der Waals surface area (Å²) >= 11 is 9.40. The quantitative estimate of drug-likeness (QED) is 0.216. The van der Waals surface area contributed by atoms with E-state index in [1.807, 2.05) is 6.92 Å². The number of rotatable bonds is 11. The summed E-state index contributed by atoms with van der Waals surface area (Å²) in [5, 5.41) is 18.5. The molecule has 1 heterocycles. The van der Waals surface area contributed by atoms with Crippen LogP contribution in [0.4, 0.5) is 0 Å². The Morgan fingerprint density at radius 3 is 3.00 bits per heavy atom. The van der Waals surface area contributed by atoms with Crippen molar-refractivity contribution in [3.63, 3.8) is 0 Å². The van der Waals surface area contributed by atoms with Crippen LogP contribution in [-0.4, -0.2) is 38.4 Å². The van der Waals surface area contributed by atoms with Crippen LogP contribution in [0.3, 0.4) is 0 Å². The Labute approximate surface area is 169 Å². The van der Waals surface area contributed by atoms with Gasteiger partial charge >= 0.3 is 5.97 Å². The summed E-state index contributed by atoms with van der Waals surface area (Å²) in [5.74, 6) is 1.03. The van der Waals surface area contributed by atoms with Crippen molar-refractivity contribution in [3.05, 3.63) is 23.2 Å². The summed E-state index contributed by atoms with van der Waals surface area (Å²) in [4.78, 5) is 15.4. The zero-order chi connectivity index (χ0) is 18.9. The van der Waals surface area contributed by atoms with Gasteiger partial charge in [0.1, 0.15) is 4.88 Å². The predicted octanol–water partition coefficient (Wildman–Crippen LogP) is 5.45. The second-order valence-electron chi connectivity index (χ2n) is 6.92. The molecule has 1 saturated carbocycles. The predicted molar refractivity (Wildman–Crippen MR) is 110 cm³/mol. The van der Waals surface area contributed by atoms with Gasteiger partial charge in [0.05, 0.1) is 12.3 Å². The summed E-state index contributed by atoms with van der Waals surface area (Å²) in [7, 11) is 0. The highest BCUT2D eigenvalue weighted by molar-refractivity contribution is 8.01. The third-order valence-electron chi connectivity index (χ3n) is 4.79. The van der Waals surface area contributed by atoms with E-state index in [2.05, 4.69) is 17.1 Å². The number of aromatic nitrogens is 1. The highest BCUT2D eigenvalue weighted by Gasteiger charge is 2.32. The van der Waals surface area contributed by atoms with Crippen LogP contribution in [0.1, 0.15) is 61.5 Å². The van der Waals surface area contributed by atoms with Crippen molar-refractivity contribution >= 4 is 40.7 Å². The number of carboxylic acids is 1. The number of carbonyl (C=O) groups is 1. The molecule has 0 radical (unpaired) electrons. The summed E-state index contributed by atoms with van der Waals surface area (Å²) in [5.41, 5.74) is 0. The van der Waals surface area contributed by atoms with Crippen LogP contribution in [0.5, 0.6) is 0 Å². The van der Waals surface area contributed by atoms with Crippen molar-refractivity contribution in [3.8, 4) is 0 Å². The molecular weight excluding hydrogens is 390 g/mol. The van der Waals surface area contributed by atoms with E-state index in [0.29, 0.717) is 16.7 Å². The minimum Gasteiger partial charge on any atom is -0.477 e. The lowest BCUT2D eigenvalue weighted by atomic mass is 9.92. The fourth-order valence-electron chi connectivity index (χ4n) is 3.36. The second kappa shape index (κ2) is 11.3. The van der Waals surface area contributed by atoms with E-state index in [-0.39, 0.29) is 11.5 Å². The maximum Gasteiger partial charge on any atom is 0.347 e. The van der Waals surface area contributed by atoms with Crippen molar-refractivity contribution < 1.29 is 15.0 Å². The van der Waals surface area contributed by atoms with Gasteiger partial charge < -0.3 is 10.2 Å². The summed E-state index contributed by atoms with van der Waals surface area (Å²) in [6.07, 6.45) is 13.2. The standard InChI is InChI=1S/C19H28ClNO3S2/c1-13(22)6-4-2-3-5-7-14-8-9-16(20)15(14)10-11-25-19-21-12-17(26-19)18(23)24/h5,7,12-16,22H,2-4,6,8-11H2,1H3,(H,23,24)/b7-5+/t13-,14+,15-,16-/m1/s1. The first-order valence-electron chi connectivity index (χ1n) is 9.28. The third-order valence-corrected chi connectivity index (χ3v) is 7.51. The van der Waals surface area contributed by atoms with Crippen LogP contribution >= 0.6 is 34.7 Å². The van der Waals surface area contributed by atoms with E-state index in [0.717, 1.165) is 55.0 Å². The van der Waals surface area contributed by atoms with Crippen LogP contribution < -0.4 is 0 Å². The van der Waals surface area contributed by atoms with Gasteiger partial charge in [0.15, 0.2) is 4.34 Å². The number of carboxylic acid groups (broad SMARTS) is 1. The lowest BCUT2D eigenvalue weighted by Crippen LogP contribution is -2.14. The molecule has 4 atom stereocenters. The molecule has 1 aliphatic carbocycles. The number of hydrogen-bond donors (Lipinski definition) is 2. The molecule has 0 bridgehead atoms. The Morgan fingerprint density at radius 1 is 1.50 bits per heavy atom. The molecule has 2 N–H and O–H groups in total. The number of aliphatic hydroxyl groups excluding tert-OH is 1. The fraction of sp³-hybridized carbons (Fsp3) is 0.684. The van der Waals surface area contributed by atoms with Crippen molar-refractivity contribution in [1.82, 2.24) is 4.98 Å². The van der Waals surface area contributed by atoms with Gasteiger partial charge in [0.25, 0.3) is 0 Å². The second-order valence-corrected chi connectivity index (χ2v) is 9.85. The zero-order valence-electron chi connectivity index (χ0n) is 15.1. The minimum atomic E-state index is -0.912. The number of aromatic carboxylic acids is 1. The first-order valence-corrected chi connectivity index (χ1v) is 11.5. The lowest BCUT2D eigenvalue weighted by molar-refractivity contribution is 0.0702. The number of thiazole rings is 1. The van der Waals surface area contributed by atoms with Gasteiger partial charge in [-0.1, -0.05) is 30.3 Å². The highest BCUT2D eigenvalue weighted by Crippen LogP contribution is 2.40. The van der Waals surface area contributed by atoms with Gasteiger partial charge in [-0.15, -0.1) is 22.9 Å².